The average Bonchev–Trinajstić information content (AvgIpc) is 2.36. The van der Waals surface area contributed by atoms with Crippen molar-refractivity contribution >= 4 is 11.6 Å². The van der Waals surface area contributed by atoms with Gasteiger partial charge in [0.15, 0.2) is 6.79 Å². The number of hydrogen-bond donors (Lipinski definition) is 1. The van der Waals surface area contributed by atoms with Gasteiger partial charge in [0.2, 0.25) is 0 Å². The van der Waals surface area contributed by atoms with Crippen LogP contribution in [0, 0.1) is 0 Å². The second-order valence-electron chi connectivity index (χ2n) is 4.12. The molecule has 0 radical (unpaired) electrons. The third kappa shape index (κ3) is 6.45. The average molecular weight is 312 g/mol. The zero-order chi connectivity index (χ0) is 15.0. The fourth-order valence-corrected chi connectivity index (χ4v) is 1.73. The van der Waals surface area contributed by atoms with Gasteiger partial charge in [-0.25, -0.2) is 0 Å². The van der Waals surface area contributed by atoms with Gasteiger partial charge in [-0.1, -0.05) is 24.6 Å². The van der Waals surface area contributed by atoms with Gasteiger partial charge < -0.3 is 14.8 Å². The standard InChI is InChI=1S/C13H17ClF3NO2/c1-2-6-18-7-10-11(14)4-3-5-12(10)20-9-19-8-13(15,16)17/h3-5,18H,2,6-9H2,1H3. The lowest BCUT2D eigenvalue weighted by atomic mass is 10.2. The molecule has 0 atom stereocenters. The van der Waals surface area contributed by atoms with E-state index in [0.717, 1.165) is 13.0 Å². The summed E-state index contributed by atoms with van der Waals surface area (Å²) in [6.07, 6.45) is -3.39. The van der Waals surface area contributed by atoms with Crippen LogP contribution in [0.15, 0.2) is 18.2 Å². The highest BCUT2D eigenvalue weighted by molar-refractivity contribution is 6.31. The van der Waals surface area contributed by atoms with E-state index in [2.05, 4.69) is 10.1 Å². The normalized spacial score (nSPS) is 11.7. The minimum Gasteiger partial charge on any atom is -0.467 e. The first kappa shape index (κ1) is 17.1. The maximum atomic E-state index is 11.9. The molecule has 7 heteroatoms. The van der Waals surface area contributed by atoms with E-state index in [1.165, 1.54) is 0 Å². The molecule has 0 aliphatic heterocycles. The number of hydrogen-bond acceptors (Lipinski definition) is 3. The molecule has 0 saturated carbocycles. The van der Waals surface area contributed by atoms with Crippen LogP contribution in [0.3, 0.4) is 0 Å². The number of nitrogens with one attached hydrogen (secondary N) is 1. The fourth-order valence-electron chi connectivity index (χ4n) is 1.50. The van der Waals surface area contributed by atoms with Gasteiger partial charge in [0.25, 0.3) is 0 Å². The Labute approximate surface area is 121 Å². The molecule has 20 heavy (non-hydrogen) atoms. The van der Waals surface area contributed by atoms with Gasteiger partial charge in [0.05, 0.1) is 0 Å². The zero-order valence-electron chi connectivity index (χ0n) is 11.1. The zero-order valence-corrected chi connectivity index (χ0v) is 11.9. The van der Waals surface area contributed by atoms with Gasteiger partial charge in [0.1, 0.15) is 12.4 Å². The summed E-state index contributed by atoms with van der Waals surface area (Å²) in [6, 6.07) is 5.02. The van der Waals surface area contributed by atoms with Crippen molar-refractivity contribution in [2.75, 3.05) is 19.9 Å². The Morgan fingerprint density at radius 2 is 2.05 bits per heavy atom. The summed E-state index contributed by atoms with van der Waals surface area (Å²) in [5.41, 5.74) is 0.707. The van der Waals surface area contributed by atoms with Crippen molar-refractivity contribution in [3.63, 3.8) is 0 Å². The molecular weight excluding hydrogens is 295 g/mol. The summed E-state index contributed by atoms with van der Waals surface area (Å²) in [7, 11) is 0. The molecule has 0 saturated heterocycles. The number of alkyl halides is 3. The maximum absolute atomic E-state index is 11.9. The van der Waals surface area contributed by atoms with Gasteiger partial charge in [0, 0.05) is 17.1 Å². The highest BCUT2D eigenvalue weighted by Gasteiger charge is 2.27. The third-order valence-electron chi connectivity index (χ3n) is 2.37. The summed E-state index contributed by atoms with van der Waals surface area (Å²) >= 11 is 6.05. The van der Waals surface area contributed by atoms with E-state index in [1.54, 1.807) is 18.2 Å². The van der Waals surface area contributed by atoms with Gasteiger partial charge in [-0.3, -0.25) is 0 Å². The SMILES string of the molecule is CCCNCc1c(Cl)cccc1OCOCC(F)(F)F. The summed E-state index contributed by atoms with van der Waals surface area (Å²) in [5.74, 6) is 0.420. The van der Waals surface area contributed by atoms with Crippen LogP contribution in [0.5, 0.6) is 5.75 Å². The predicted molar refractivity (Wildman–Crippen MR) is 71.0 cm³/mol. The topological polar surface area (TPSA) is 30.5 Å². The number of halogens is 4. The Balaban J connectivity index is 2.53. The minimum atomic E-state index is -4.36. The molecule has 1 aromatic carbocycles. The lowest BCUT2D eigenvalue weighted by molar-refractivity contribution is -0.186. The number of rotatable bonds is 8. The Bertz CT molecular complexity index is 413. The molecule has 0 bridgehead atoms. The molecule has 1 rings (SSSR count). The van der Waals surface area contributed by atoms with E-state index in [-0.39, 0.29) is 0 Å². The van der Waals surface area contributed by atoms with Gasteiger partial charge in [-0.15, -0.1) is 0 Å². The molecule has 0 fully saturated rings. The van der Waals surface area contributed by atoms with E-state index in [0.29, 0.717) is 22.9 Å². The van der Waals surface area contributed by atoms with Crippen molar-refractivity contribution in [1.82, 2.24) is 5.32 Å². The van der Waals surface area contributed by atoms with Crippen LogP contribution in [0.1, 0.15) is 18.9 Å². The van der Waals surface area contributed by atoms with E-state index in [9.17, 15) is 13.2 Å². The van der Waals surface area contributed by atoms with Crippen molar-refractivity contribution in [2.24, 2.45) is 0 Å². The van der Waals surface area contributed by atoms with Crippen LogP contribution in [0.25, 0.3) is 0 Å². The number of ether oxygens (including phenoxy) is 2. The summed E-state index contributed by atoms with van der Waals surface area (Å²) < 4.78 is 45.4. The Morgan fingerprint density at radius 1 is 1.30 bits per heavy atom. The molecule has 0 unspecified atom stereocenters. The lowest BCUT2D eigenvalue weighted by Gasteiger charge is -2.14. The molecule has 0 spiro atoms. The van der Waals surface area contributed by atoms with E-state index < -0.39 is 19.6 Å². The molecule has 0 aliphatic rings. The molecule has 3 nitrogen and oxygen atoms in total. The largest absolute Gasteiger partial charge is 0.467 e. The Hall–Kier alpha value is -0.980. The summed E-state index contributed by atoms with van der Waals surface area (Å²) in [6.45, 7) is 1.52. The van der Waals surface area contributed by atoms with Crippen LogP contribution < -0.4 is 10.1 Å². The van der Waals surface area contributed by atoms with Crippen LogP contribution in [-0.2, 0) is 11.3 Å². The predicted octanol–water partition coefficient (Wildman–Crippen LogP) is 3.75. The van der Waals surface area contributed by atoms with E-state index in [1.807, 2.05) is 6.92 Å². The van der Waals surface area contributed by atoms with Gasteiger partial charge in [-0.05, 0) is 25.1 Å². The first-order valence-corrected chi connectivity index (χ1v) is 6.57. The highest BCUT2D eigenvalue weighted by Crippen LogP contribution is 2.26. The lowest BCUT2D eigenvalue weighted by Crippen LogP contribution is -2.20. The van der Waals surface area contributed by atoms with Crippen LogP contribution in [-0.4, -0.2) is 26.1 Å². The molecule has 1 N–H and O–H groups in total. The molecule has 0 amide bonds. The van der Waals surface area contributed by atoms with Gasteiger partial charge in [-0.2, -0.15) is 13.2 Å². The summed E-state index contributed by atoms with van der Waals surface area (Å²) in [4.78, 5) is 0. The van der Waals surface area contributed by atoms with Crippen molar-refractivity contribution < 1.29 is 22.6 Å². The fraction of sp³-hybridized carbons (Fsp3) is 0.538. The monoisotopic (exact) mass is 311 g/mol. The molecule has 0 aromatic heterocycles. The second-order valence-corrected chi connectivity index (χ2v) is 4.53. The first-order valence-electron chi connectivity index (χ1n) is 6.19. The highest BCUT2D eigenvalue weighted by atomic mass is 35.5. The van der Waals surface area contributed by atoms with Crippen LogP contribution >= 0.6 is 11.6 Å². The van der Waals surface area contributed by atoms with Gasteiger partial charge >= 0.3 is 6.18 Å². The molecular formula is C13H17ClF3NO2. The van der Waals surface area contributed by atoms with Crippen LogP contribution in [0.2, 0.25) is 5.02 Å². The minimum absolute atomic E-state index is 0.420. The van der Waals surface area contributed by atoms with E-state index in [4.69, 9.17) is 16.3 Å². The van der Waals surface area contributed by atoms with Crippen molar-refractivity contribution in [1.29, 1.82) is 0 Å². The van der Waals surface area contributed by atoms with Crippen molar-refractivity contribution in [3.05, 3.63) is 28.8 Å². The third-order valence-corrected chi connectivity index (χ3v) is 2.72. The Morgan fingerprint density at radius 3 is 2.70 bits per heavy atom. The molecule has 114 valence electrons. The maximum Gasteiger partial charge on any atom is 0.411 e. The molecule has 0 aliphatic carbocycles. The summed E-state index contributed by atoms with van der Waals surface area (Å²) in [5, 5.41) is 3.66. The number of benzene rings is 1. The smallest absolute Gasteiger partial charge is 0.411 e. The van der Waals surface area contributed by atoms with Crippen molar-refractivity contribution in [3.8, 4) is 5.75 Å². The molecule has 0 heterocycles. The second kappa shape index (κ2) is 8.34. The quantitative estimate of drug-likeness (QED) is 0.586. The Kier molecular flexibility index (Phi) is 7.12. The van der Waals surface area contributed by atoms with Crippen LogP contribution in [0.4, 0.5) is 13.2 Å². The molecule has 1 aromatic rings. The first-order chi connectivity index (χ1) is 9.44. The van der Waals surface area contributed by atoms with E-state index >= 15 is 0 Å². The van der Waals surface area contributed by atoms with Crippen molar-refractivity contribution in [2.45, 2.75) is 26.1 Å².